The minimum absolute atomic E-state index is 0.0350. The van der Waals surface area contributed by atoms with Gasteiger partial charge in [0, 0.05) is 45.0 Å². The third kappa shape index (κ3) is 6.06. The minimum Gasteiger partial charge on any atom is -0.493 e. The van der Waals surface area contributed by atoms with E-state index in [9.17, 15) is 4.79 Å². The fourth-order valence-corrected chi connectivity index (χ4v) is 3.24. The highest BCUT2D eigenvalue weighted by molar-refractivity contribution is 5.92. The molecule has 0 atom stereocenters. The van der Waals surface area contributed by atoms with Crippen LogP contribution in [0.15, 0.2) is 48.7 Å². The lowest BCUT2D eigenvalue weighted by molar-refractivity contribution is -0.127. The summed E-state index contributed by atoms with van der Waals surface area (Å²) in [6, 6.07) is 11.7. The van der Waals surface area contributed by atoms with Crippen molar-refractivity contribution < 1.29 is 14.3 Å². The minimum atomic E-state index is 0.0350. The smallest absolute Gasteiger partial charge is 0.246 e. The van der Waals surface area contributed by atoms with Crippen LogP contribution >= 0.6 is 0 Å². The van der Waals surface area contributed by atoms with Crippen LogP contribution in [-0.4, -0.2) is 60.6 Å². The summed E-state index contributed by atoms with van der Waals surface area (Å²) in [5.74, 6) is 1.44. The molecule has 0 aliphatic carbocycles. The maximum Gasteiger partial charge on any atom is 0.246 e. The summed E-state index contributed by atoms with van der Waals surface area (Å²) in [7, 11) is 1.62. The van der Waals surface area contributed by atoms with Gasteiger partial charge in [0.2, 0.25) is 5.91 Å². The second-order valence-electron chi connectivity index (χ2n) is 7.01. The van der Waals surface area contributed by atoms with E-state index in [0.717, 1.165) is 56.2 Å². The van der Waals surface area contributed by atoms with Gasteiger partial charge in [-0.3, -0.25) is 14.7 Å². The molecule has 1 aromatic heterocycles. The molecule has 0 bridgehead atoms. The molecular formula is C23H29N3O3. The van der Waals surface area contributed by atoms with Gasteiger partial charge in [-0.1, -0.05) is 19.1 Å². The molecule has 0 radical (unpaired) electrons. The average molecular weight is 396 g/mol. The van der Waals surface area contributed by atoms with E-state index < -0.39 is 0 Å². The van der Waals surface area contributed by atoms with E-state index >= 15 is 0 Å². The van der Waals surface area contributed by atoms with E-state index in [1.807, 2.05) is 53.6 Å². The van der Waals surface area contributed by atoms with Crippen molar-refractivity contribution in [3.63, 3.8) is 0 Å². The predicted molar refractivity (Wildman–Crippen MR) is 114 cm³/mol. The molecule has 1 amide bonds. The van der Waals surface area contributed by atoms with Crippen molar-refractivity contribution >= 4 is 12.0 Å². The molecule has 1 aliphatic rings. The number of pyridine rings is 1. The standard InChI is InChI=1S/C23H29N3O3/c1-3-16-29-21-9-7-19(17-22(21)28-2)8-10-23(27)26-14-12-25(13-15-26)18-20-6-4-5-11-24-20/h4-11,17H,3,12-16,18H2,1-2H3. The zero-order valence-corrected chi connectivity index (χ0v) is 17.2. The molecule has 2 aromatic rings. The zero-order valence-electron chi connectivity index (χ0n) is 17.2. The maximum absolute atomic E-state index is 12.6. The van der Waals surface area contributed by atoms with E-state index in [1.165, 1.54) is 0 Å². The van der Waals surface area contributed by atoms with Gasteiger partial charge in [0.25, 0.3) is 0 Å². The van der Waals surface area contributed by atoms with E-state index in [1.54, 1.807) is 13.2 Å². The number of methoxy groups -OCH3 is 1. The van der Waals surface area contributed by atoms with Crippen molar-refractivity contribution in [3.8, 4) is 11.5 Å². The van der Waals surface area contributed by atoms with E-state index in [0.29, 0.717) is 12.4 Å². The lowest BCUT2D eigenvalue weighted by Crippen LogP contribution is -2.47. The number of carbonyl (C=O) groups excluding carboxylic acids is 1. The second kappa shape index (κ2) is 10.6. The molecule has 0 unspecified atom stereocenters. The van der Waals surface area contributed by atoms with Crippen LogP contribution in [0.2, 0.25) is 0 Å². The fourth-order valence-electron chi connectivity index (χ4n) is 3.24. The number of carbonyl (C=O) groups is 1. The first kappa shape index (κ1) is 20.9. The number of nitrogens with zero attached hydrogens (tertiary/aromatic N) is 3. The van der Waals surface area contributed by atoms with E-state index in [4.69, 9.17) is 9.47 Å². The predicted octanol–water partition coefficient (Wildman–Crippen LogP) is 3.24. The molecule has 3 rings (SSSR count). The Hall–Kier alpha value is -2.86. The number of hydrogen-bond donors (Lipinski definition) is 0. The fraction of sp³-hybridized carbons (Fsp3) is 0.391. The second-order valence-corrected chi connectivity index (χ2v) is 7.01. The molecule has 154 valence electrons. The SMILES string of the molecule is CCCOc1ccc(C=CC(=O)N2CCN(Cc3ccccn3)CC2)cc1OC. The van der Waals surface area contributed by atoms with Crippen LogP contribution < -0.4 is 9.47 Å². The molecule has 1 fully saturated rings. The molecular weight excluding hydrogens is 366 g/mol. The first-order valence-corrected chi connectivity index (χ1v) is 10.1. The van der Waals surface area contributed by atoms with Crippen molar-refractivity contribution in [1.29, 1.82) is 0 Å². The third-order valence-corrected chi connectivity index (χ3v) is 4.86. The Bertz CT molecular complexity index is 815. The number of ether oxygens (including phenoxy) is 2. The summed E-state index contributed by atoms with van der Waals surface area (Å²) < 4.78 is 11.1. The number of rotatable bonds is 8. The largest absolute Gasteiger partial charge is 0.493 e. The lowest BCUT2D eigenvalue weighted by Gasteiger charge is -2.34. The highest BCUT2D eigenvalue weighted by atomic mass is 16.5. The van der Waals surface area contributed by atoms with Gasteiger partial charge in [0.1, 0.15) is 0 Å². The van der Waals surface area contributed by atoms with Crippen molar-refractivity contribution in [1.82, 2.24) is 14.8 Å². The molecule has 1 aromatic carbocycles. The van der Waals surface area contributed by atoms with Crippen LogP contribution in [0.25, 0.3) is 6.08 Å². The van der Waals surface area contributed by atoms with Crippen molar-refractivity contribution in [3.05, 3.63) is 59.9 Å². The van der Waals surface area contributed by atoms with Gasteiger partial charge in [0.15, 0.2) is 11.5 Å². The number of piperazine rings is 1. The quantitative estimate of drug-likeness (QED) is 0.643. The molecule has 6 heteroatoms. The molecule has 2 heterocycles. The molecule has 0 N–H and O–H groups in total. The van der Waals surface area contributed by atoms with Gasteiger partial charge in [-0.2, -0.15) is 0 Å². The van der Waals surface area contributed by atoms with Crippen LogP contribution in [-0.2, 0) is 11.3 Å². The number of aromatic nitrogens is 1. The van der Waals surface area contributed by atoms with Gasteiger partial charge >= 0.3 is 0 Å². The van der Waals surface area contributed by atoms with Crippen LogP contribution in [0.3, 0.4) is 0 Å². The van der Waals surface area contributed by atoms with Crippen LogP contribution in [0.4, 0.5) is 0 Å². The van der Waals surface area contributed by atoms with Crippen molar-refractivity contribution in [2.75, 3.05) is 39.9 Å². The van der Waals surface area contributed by atoms with Crippen LogP contribution in [0.1, 0.15) is 24.6 Å². The molecule has 29 heavy (non-hydrogen) atoms. The Labute approximate surface area is 172 Å². The topological polar surface area (TPSA) is 54.9 Å². The van der Waals surface area contributed by atoms with Gasteiger partial charge in [0.05, 0.1) is 19.4 Å². The Balaban J connectivity index is 1.52. The number of hydrogen-bond acceptors (Lipinski definition) is 5. The zero-order chi connectivity index (χ0) is 20.5. The molecule has 6 nitrogen and oxygen atoms in total. The Kier molecular flexibility index (Phi) is 7.64. The highest BCUT2D eigenvalue weighted by Gasteiger charge is 2.19. The summed E-state index contributed by atoms with van der Waals surface area (Å²) >= 11 is 0. The van der Waals surface area contributed by atoms with E-state index in [-0.39, 0.29) is 5.91 Å². The molecule has 1 aliphatic heterocycles. The van der Waals surface area contributed by atoms with Gasteiger partial charge in [-0.15, -0.1) is 0 Å². The molecule has 1 saturated heterocycles. The first-order chi connectivity index (χ1) is 14.2. The van der Waals surface area contributed by atoms with Gasteiger partial charge in [-0.25, -0.2) is 0 Å². The number of amides is 1. The normalized spacial score (nSPS) is 14.9. The third-order valence-electron chi connectivity index (χ3n) is 4.86. The van der Waals surface area contributed by atoms with Crippen molar-refractivity contribution in [2.45, 2.75) is 19.9 Å². The monoisotopic (exact) mass is 395 g/mol. The van der Waals surface area contributed by atoms with Gasteiger partial charge in [-0.05, 0) is 42.3 Å². The Morgan fingerprint density at radius 1 is 1.14 bits per heavy atom. The summed E-state index contributed by atoms with van der Waals surface area (Å²) in [5.41, 5.74) is 1.97. The molecule has 0 spiro atoms. The number of benzene rings is 1. The van der Waals surface area contributed by atoms with E-state index in [2.05, 4.69) is 16.8 Å². The van der Waals surface area contributed by atoms with Crippen molar-refractivity contribution in [2.24, 2.45) is 0 Å². The van der Waals surface area contributed by atoms with Gasteiger partial charge < -0.3 is 14.4 Å². The molecule has 0 saturated carbocycles. The Morgan fingerprint density at radius 2 is 1.97 bits per heavy atom. The highest BCUT2D eigenvalue weighted by Crippen LogP contribution is 2.28. The Morgan fingerprint density at radius 3 is 2.66 bits per heavy atom. The lowest BCUT2D eigenvalue weighted by atomic mass is 10.1. The summed E-state index contributed by atoms with van der Waals surface area (Å²) in [4.78, 5) is 21.1. The van der Waals surface area contributed by atoms with Crippen LogP contribution in [0, 0.1) is 0 Å². The summed E-state index contributed by atoms with van der Waals surface area (Å²) in [6.07, 6.45) is 6.22. The summed E-state index contributed by atoms with van der Waals surface area (Å²) in [6.45, 7) is 6.70. The maximum atomic E-state index is 12.6. The first-order valence-electron chi connectivity index (χ1n) is 10.1. The van der Waals surface area contributed by atoms with Crippen LogP contribution in [0.5, 0.6) is 11.5 Å². The average Bonchev–Trinajstić information content (AvgIpc) is 2.77. The summed E-state index contributed by atoms with van der Waals surface area (Å²) in [5, 5.41) is 0.